The highest BCUT2D eigenvalue weighted by Crippen LogP contribution is 2.39. The normalized spacial score (nSPS) is 19.7. The summed E-state index contributed by atoms with van der Waals surface area (Å²) in [6.07, 6.45) is 0.422. The van der Waals surface area contributed by atoms with Crippen LogP contribution in [-0.4, -0.2) is 26.5 Å². The van der Waals surface area contributed by atoms with Crippen LogP contribution in [-0.2, 0) is 14.0 Å². The lowest BCUT2D eigenvalue weighted by Crippen LogP contribution is -2.67. The van der Waals surface area contributed by atoms with E-state index in [0.717, 1.165) is 0 Å². The number of cyclic esters (lactones) is 1. The molecule has 1 saturated heterocycles. The molecular formula is C23H30O3Si. The Morgan fingerprint density at radius 3 is 1.85 bits per heavy atom. The van der Waals surface area contributed by atoms with Crippen molar-refractivity contribution in [2.45, 2.75) is 51.7 Å². The molecule has 1 heterocycles. The van der Waals surface area contributed by atoms with Crippen LogP contribution >= 0.6 is 0 Å². The van der Waals surface area contributed by atoms with Crippen molar-refractivity contribution in [1.29, 1.82) is 0 Å². The van der Waals surface area contributed by atoms with Gasteiger partial charge in [0.05, 0.1) is 6.42 Å². The third-order valence-corrected chi connectivity index (χ3v) is 10.7. The Bertz CT molecular complexity index is 739. The van der Waals surface area contributed by atoms with Gasteiger partial charge in [-0.1, -0.05) is 81.4 Å². The summed E-state index contributed by atoms with van der Waals surface area (Å²) < 4.78 is 12.5. The molecule has 3 nitrogen and oxygen atoms in total. The molecule has 2 aromatic rings. The Labute approximate surface area is 163 Å². The number of ether oxygens (including phenoxy) is 1. The van der Waals surface area contributed by atoms with Crippen LogP contribution in [0.25, 0.3) is 0 Å². The van der Waals surface area contributed by atoms with Gasteiger partial charge in [0.1, 0.15) is 5.60 Å². The zero-order valence-electron chi connectivity index (χ0n) is 17.0. The molecule has 27 heavy (non-hydrogen) atoms. The van der Waals surface area contributed by atoms with Crippen LogP contribution in [0.3, 0.4) is 0 Å². The molecule has 1 atom stereocenters. The Balaban J connectivity index is 2.06. The minimum atomic E-state index is -2.57. The van der Waals surface area contributed by atoms with Gasteiger partial charge in [-0.25, -0.2) is 0 Å². The van der Waals surface area contributed by atoms with E-state index in [-0.39, 0.29) is 16.9 Å². The van der Waals surface area contributed by atoms with Gasteiger partial charge in [0.2, 0.25) is 0 Å². The van der Waals surface area contributed by atoms with Crippen molar-refractivity contribution in [3.8, 4) is 0 Å². The van der Waals surface area contributed by atoms with Gasteiger partial charge in [-0.15, -0.1) is 0 Å². The second-order valence-corrected chi connectivity index (χ2v) is 13.3. The predicted octanol–water partition coefficient (Wildman–Crippen LogP) is 3.90. The van der Waals surface area contributed by atoms with E-state index in [1.54, 1.807) is 0 Å². The minimum absolute atomic E-state index is 0.0617. The first-order chi connectivity index (χ1) is 12.7. The molecule has 144 valence electrons. The van der Waals surface area contributed by atoms with Crippen molar-refractivity contribution in [2.24, 2.45) is 5.92 Å². The SMILES string of the molecule is CC1(C)OC(=O)C[C@H]1CO[Si](c1ccccc1)(c1ccccc1)C(C)(C)C. The molecule has 0 spiro atoms. The van der Waals surface area contributed by atoms with Gasteiger partial charge in [0, 0.05) is 12.5 Å². The molecule has 1 aliphatic heterocycles. The zero-order valence-corrected chi connectivity index (χ0v) is 18.0. The molecule has 0 radical (unpaired) electrons. The number of hydrogen-bond donors (Lipinski definition) is 0. The summed E-state index contributed by atoms with van der Waals surface area (Å²) in [5.74, 6) is -0.0669. The van der Waals surface area contributed by atoms with E-state index < -0.39 is 13.9 Å². The van der Waals surface area contributed by atoms with Crippen molar-refractivity contribution in [1.82, 2.24) is 0 Å². The Morgan fingerprint density at radius 2 is 1.48 bits per heavy atom. The van der Waals surface area contributed by atoms with Crippen LogP contribution in [0, 0.1) is 5.92 Å². The summed E-state index contributed by atoms with van der Waals surface area (Å²) in [7, 11) is -2.57. The first kappa shape index (κ1) is 19.8. The highest BCUT2D eigenvalue weighted by molar-refractivity contribution is 6.99. The molecule has 0 N–H and O–H groups in total. The van der Waals surface area contributed by atoms with Gasteiger partial charge in [-0.05, 0) is 29.3 Å². The molecular weight excluding hydrogens is 352 g/mol. The fourth-order valence-corrected chi connectivity index (χ4v) is 8.72. The number of carbonyl (C=O) groups excluding carboxylic acids is 1. The molecule has 0 bridgehead atoms. The lowest BCUT2D eigenvalue weighted by Gasteiger charge is -2.44. The van der Waals surface area contributed by atoms with Gasteiger partial charge in [-0.2, -0.15) is 0 Å². The van der Waals surface area contributed by atoms with Crippen molar-refractivity contribution >= 4 is 24.7 Å². The third-order valence-electron chi connectivity index (χ3n) is 5.69. The van der Waals surface area contributed by atoms with Crippen LogP contribution in [0.4, 0.5) is 0 Å². The van der Waals surface area contributed by atoms with Gasteiger partial charge >= 0.3 is 5.97 Å². The number of hydrogen-bond acceptors (Lipinski definition) is 3. The summed E-state index contributed by atoms with van der Waals surface area (Å²) in [5.41, 5.74) is -0.484. The van der Waals surface area contributed by atoms with Crippen molar-refractivity contribution in [3.63, 3.8) is 0 Å². The lowest BCUT2D eigenvalue weighted by molar-refractivity contribution is -0.146. The molecule has 0 aromatic heterocycles. The standard InChI is InChI=1S/C23H30O3Si/c1-22(2,3)27(19-12-8-6-9-13-19,20-14-10-7-11-15-20)25-17-18-16-21(24)26-23(18,4)5/h6-15,18H,16-17H2,1-5H3/t18-/m0/s1. The molecule has 1 aliphatic rings. The molecule has 4 heteroatoms. The van der Waals surface area contributed by atoms with Gasteiger partial charge in [-0.3, -0.25) is 4.79 Å². The van der Waals surface area contributed by atoms with Crippen molar-refractivity contribution in [2.75, 3.05) is 6.61 Å². The van der Waals surface area contributed by atoms with Crippen molar-refractivity contribution < 1.29 is 14.0 Å². The zero-order chi connectivity index (χ0) is 19.7. The number of carbonyl (C=O) groups is 1. The van der Waals surface area contributed by atoms with E-state index in [1.165, 1.54) is 10.4 Å². The van der Waals surface area contributed by atoms with E-state index in [9.17, 15) is 4.79 Å². The van der Waals surface area contributed by atoms with Crippen LogP contribution < -0.4 is 10.4 Å². The van der Waals surface area contributed by atoms with E-state index >= 15 is 0 Å². The molecule has 2 aromatic carbocycles. The van der Waals surface area contributed by atoms with Crippen LogP contribution in [0.15, 0.2) is 60.7 Å². The maximum Gasteiger partial charge on any atom is 0.306 e. The third kappa shape index (κ3) is 3.74. The number of rotatable bonds is 5. The maximum atomic E-state index is 11.9. The van der Waals surface area contributed by atoms with E-state index in [0.29, 0.717) is 13.0 Å². The Kier molecular flexibility index (Phi) is 5.33. The minimum Gasteiger partial charge on any atom is -0.459 e. The summed E-state index contributed by atoms with van der Waals surface area (Å²) in [6.45, 7) is 11.3. The quantitative estimate of drug-likeness (QED) is 0.581. The summed E-state index contributed by atoms with van der Waals surface area (Å²) >= 11 is 0. The second-order valence-electron chi connectivity index (χ2n) is 8.95. The fraction of sp³-hybridized carbons (Fsp3) is 0.435. The summed E-state index contributed by atoms with van der Waals surface area (Å²) in [5, 5.41) is 2.45. The monoisotopic (exact) mass is 382 g/mol. The van der Waals surface area contributed by atoms with Crippen LogP contribution in [0.1, 0.15) is 41.0 Å². The second kappa shape index (κ2) is 7.25. The molecule has 0 amide bonds. The molecule has 3 rings (SSSR count). The van der Waals surface area contributed by atoms with Crippen molar-refractivity contribution in [3.05, 3.63) is 60.7 Å². The highest BCUT2D eigenvalue weighted by Gasteiger charge is 2.52. The van der Waals surface area contributed by atoms with Gasteiger partial charge in [0.15, 0.2) is 0 Å². The average Bonchev–Trinajstić information content (AvgIpc) is 2.88. The molecule has 0 aliphatic carbocycles. The van der Waals surface area contributed by atoms with Crippen LogP contribution in [0.2, 0.25) is 5.04 Å². The van der Waals surface area contributed by atoms with Gasteiger partial charge < -0.3 is 9.16 Å². The largest absolute Gasteiger partial charge is 0.459 e. The predicted molar refractivity (Wildman–Crippen MR) is 112 cm³/mol. The molecule has 1 fully saturated rings. The van der Waals surface area contributed by atoms with Crippen LogP contribution in [0.5, 0.6) is 0 Å². The van der Waals surface area contributed by atoms with E-state index in [4.69, 9.17) is 9.16 Å². The van der Waals surface area contributed by atoms with E-state index in [1.807, 2.05) is 26.0 Å². The fourth-order valence-electron chi connectivity index (χ4n) is 4.11. The first-order valence-corrected chi connectivity index (χ1v) is 11.5. The Morgan fingerprint density at radius 1 is 1.00 bits per heavy atom. The smallest absolute Gasteiger partial charge is 0.306 e. The molecule has 0 saturated carbocycles. The van der Waals surface area contributed by atoms with E-state index in [2.05, 4.69) is 69.3 Å². The average molecular weight is 383 g/mol. The van der Waals surface area contributed by atoms with Gasteiger partial charge in [0.25, 0.3) is 8.32 Å². The lowest BCUT2D eigenvalue weighted by atomic mass is 9.92. The first-order valence-electron chi connectivity index (χ1n) is 9.64. The summed E-state index contributed by atoms with van der Waals surface area (Å²) in [6, 6.07) is 21.2. The number of benzene rings is 2. The Hall–Kier alpha value is -1.91. The summed E-state index contributed by atoms with van der Waals surface area (Å²) in [4.78, 5) is 11.9. The maximum absolute atomic E-state index is 11.9. The topological polar surface area (TPSA) is 35.5 Å². The highest BCUT2D eigenvalue weighted by atomic mass is 28.4. The number of esters is 1. The molecule has 0 unspecified atom stereocenters.